The molecule has 26 heavy (non-hydrogen) atoms. The van der Waals surface area contributed by atoms with Crippen LogP contribution in [0.15, 0.2) is 48.7 Å². The topological polar surface area (TPSA) is 44.8 Å². The lowest BCUT2D eigenvalue weighted by Crippen LogP contribution is -2.44. The average Bonchev–Trinajstić information content (AvgIpc) is 2.97. The quantitative estimate of drug-likeness (QED) is 0.865. The molecule has 134 valence electrons. The van der Waals surface area contributed by atoms with Crippen molar-refractivity contribution in [1.82, 2.24) is 4.90 Å². The summed E-state index contributed by atoms with van der Waals surface area (Å²) >= 11 is 0. The molecule has 1 N–H and O–H groups in total. The monoisotopic (exact) mass is 349 g/mol. The summed E-state index contributed by atoms with van der Waals surface area (Å²) in [6.45, 7) is 5.68. The molecule has 0 saturated carbocycles. The van der Waals surface area contributed by atoms with Crippen molar-refractivity contribution in [3.63, 3.8) is 0 Å². The van der Waals surface area contributed by atoms with Crippen molar-refractivity contribution >= 4 is 22.9 Å². The molecule has 0 spiro atoms. The number of benzene rings is 2. The van der Waals surface area contributed by atoms with E-state index in [0.29, 0.717) is 0 Å². The van der Waals surface area contributed by atoms with Crippen LogP contribution in [0.5, 0.6) is 5.75 Å². The van der Waals surface area contributed by atoms with Gasteiger partial charge in [0.2, 0.25) is 0 Å². The Balaban J connectivity index is 1.45. The van der Waals surface area contributed by atoms with Gasteiger partial charge in [-0.2, -0.15) is 0 Å². The number of hydrogen-bond donors (Lipinski definition) is 1. The molecule has 0 aromatic heterocycles. The Bertz CT molecular complexity index is 850. The Kier molecular flexibility index (Phi) is 4.29. The largest absolute Gasteiger partial charge is 0.497 e. The van der Waals surface area contributed by atoms with E-state index in [-0.39, 0.29) is 5.91 Å². The van der Waals surface area contributed by atoms with E-state index in [1.165, 1.54) is 5.69 Å². The molecule has 5 heteroatoms. The Morgan fingerprint density at radius 3 is 2.46 bits per heavy atom. The lowest BCUT2D eigenvalue weighted by atomic mass is 10.1. The van der Waals surface area contributed by atoms with Crippen LogP contribution in [0, 0.1) is 6.92 Å². The number of hydrogen-bond acceptors (Lipinski definition) is 4. The van der Waals surface area contributed by atoms with Gasteiger partial charge in [0.25, 0.3) is 5.91 Å². The highest BCUT2D eigenvalue weighted by molar-refractivity contribution is 6.31. The predicted octanol–water partition coefficient (Wildman–Crippen LogP) is 3.12. The van der Waals surface area contributed by atoms with Crippen molar-refractivity contribution < 1.29 is 9.53 Å². The van der Waals surface area contributed by atoms with Crippen molar-refractivity contribution in [2.75, 3.05) is 43.5 Å². The van der Waals surface area contributed by atoms with Gasteiger partial charge in [-0.15, -0.1) is 0 Å². The fraction of sp³-hybridized carbons (Fsp3) is 0.286. The van der Waals surface area contributed by atoms with Crippen LogP contribution in [0.25, 0.3) is 5.57 Å². The molecular weight excluding hydrogens is 326 g/mol. The molecule has 4 rings (SSSR count). The van der Waals surface area contributed by atoms with Crippen LogP contribution in [0.1, 0.15) is 11.1 Å². The molecule has 0 radical (unpaired) electrons. The Hall–Kier alpha value is -2.95. The molecule has 0 aliphatic carbocycles. The van der Waals surface area contributed by atoms with Crippen molar-refractivity contribution in [3.05, 3.63) is 59.8 Å². The molecule has 2 aliphatic rings. The van der Waals surface area contributed by atoms with Crippen LogP contribution < -0.4 is 15.0 Å². The molecule has 2 aliphatic heterocycles. The lowest BCUT2D eigenvalue weighted by Gasteiger charge is -2.35. The molecular formula is C21H23N3O2. The van der Waals surface area contributed by atoms with E-state index in [4.69, 9.17) is 4.74 Å². The fourth-order valence-electron chi connectivity index (χ4n) is 3.52. The number of rotatable bonds is 3. The highest BCUT2D eigenvalue weighted by Crippen LogP contribution is 2.32. The molecule has 2 heterocycles. The number of aryl methyl sites for hydroxylation is 1. The van der Waals surface area contributed by atoms with Gasteiger partial charge in [-0.25, -0.2) is 0 Å². The zero-order valence-corrected chi connectivity index (χ0v) is 15.2. The van der Waals surface area contributed by atoms with E-state index in [1.807, 2.05) is 37.4 Å². The Labute approximate surface area is 153 Å². The number of nitrogens with zero attached hydrogens (tertiary/aromatic N) is 2. The summed E-state index contributed by atoms with van der Waals surface area (Å²) in [6.07, 6.45) is 2.02. The second-order valence-corrected chi connectivity index (χ2v) is 6.77. The first kappa shape index (κ1) is 16.5. The van der Waals surface area contributed by atoms with Gasteiger partial charge in [-0.05, 0) is 42.8 Å². The summed E-state index contributed by atoms with van der Waals surface area (Å²) in [4.78, 5) is 16.9. The van der Waals surface area contributed by atoms with E-state index in [2.05, 4.69) is 33.3 Å². The summed E-state index contributed by atoms with van der Waals surface area (Å²) in [7, 11) is 1.68. The normalized spacial score (nSPS) is 18.1. The molecule has 2 aromatic carbocycles. The Morgan fingerprint density at radius 1 is 1.04 bits per heavy atom. The zero-order valence-electron chi connectivity index (χ0n) is 15.2. The molecule has 1 fully saturated rings. The fourth-order valence-corrected chi connectivity index (χ4v) is 3.52. The van der Waals surface area contributed by atoms with Crippen LogP contribution >= 0.6 is 0 Å². The highest BCUT2D eigenvalue weighted by Gasteiger charge is 2.25. The standard InChI is InChI=1S/C21H23N3O2/c1-15-3-8-18-19(21(25)22-20(18)13-15)14-23-9-11-24(12-10-23)16-4-6-17(26-2)7-5-16/h3-8,13-14H,9-12H2,1-2H3,(H,22,25)/b19-14+. The summed E-state index contributed by atoms with van der Waals surface area (Å²) < 4.78 is 5.22. The summed E-state index contributed by atoms with van der Waals surface area (Å²) in [5, 5.41) is 2.97. The first-order chi connectivity index (χ1) is 12.6. The molecule has 0 unspecified atom stereocenters. The van der Waals surface area contributed by atoms with Crippen LogP contribution in [-0.4, -0.2) is 44.1 Å². The maximum atomic E-state index is 12.3. The number of piperazine rings is 1. The third-order valence-corrected chi connectivity index (χ3v) is 5.02. The van der Waals surface area contributed by atoms with Gasteiger partial charge in [0.05, 0.1) is 12.7 Å². The maximum Gasteiger partial charge on any atom is 0.257 e. The number of carbonyl (C=O) groups is 1. The van der Waals surface area contributed by atoms with E-state index in [9.17, 15) is 4.79 Å². The number of amides is 1. The first-order valence-electron chi connectivity index (χ1n) is 8.91. The van der Waals surface area contributed by atoms with Crippen molar-refractivity contribution in [1.29, 1.82) is 0 Å². The number of nitrogens with one attached hydrogen (secondary N) is 1. The average molecular weight is 349 g/mol. The second kappa shape index (κ2) is 6.75. The molecule has 1 saturated heterocycles. The van der Waals surface area contributed by atoms with Crippen LogP contribution in [0.4, 0.5) is 11.4 Å². The Morgan fingerprint density at radius 2 is 1.77 bits per heavy atom. The van der Waals surface area contributed by atoms with Gasteiger partial charge in [0.15, 0.2) is 0 Å². The van der Waals surface area contributed by atoms with Gasteiger partial charge >= 0.3 is 0 Å². The number of carbonyl (C=O) groups excluding carboxylic acids is 1. The summed E-state index contributed by atoms with van der Waals surface area (Å²) in [5.74, 6) is 0.862. The van der Waals surface area contributed by atoms with Gasteiger partial charge < -0.3 is 19.9 Å². The van der Waals surface area contributed by atoms with Gasteiger partial charge in [0.1, 0.15) is 5.75 Å². The van der Waals surface area contributed by atoms with Crippen molar-refractivity contribution in [2.45, 2.75) is 6.92 Å². The van der Waals surface area contributed by atoms with Gasteiger partial charge in [0, 0.05) is 49.3 Å². The van der Waals surface area contributed by atoms with E-state index in [1.54, 1.807) is 7.11 Å². The number of anilines is 2. The number of ether oxygens (including phenoxy) is 1. The van der Waals surface area contributed by atoms with Crippen molar-refractivity contribution in [3.8, 4) is 5.75 Å². The smallest absolute Gasteiger partial charge is 0.257 e. The van der Waals surface area contributed by atoms with E-state index >= 15 is 0 Å². The second-order valence-electron chi connectivity index (χ2n) is 6.77. The van der Waals surface area contributed by atoms with E-state index in [0.717, 1.165) is 54.3 Å². The highest BCUT2D eigenvalue weighted by atomic mass is 16.5. The first-order valence-corrected chi connectivity index (χ1v) is 8.91. The maximum absolute atomic E-state index is 12.3. The molecule has 2 aromatic rings. The van der Waals surface area contributed by atoms with E-state index < -0.39 is 0 Å². The van der Waals surface area contributed by atoms with Gasteiger partial charge in [-0.1, -0.05) is 12.1 Å². The molecule has 0 atom stereocenters. The van der Waals surface area contributed by atoms with Gasteiger partial charge in [-0.3, -0.25) is 4.79 Å². The third-order valence-electron chi connectivity index (χ3n) is 5.02. The van der Waals surface area contributed by atoms with Crippen LogP contribution in [0.2, 0.25) is 0 Å². The molecule has 5 nitrogen and oxygen atoms in total. The number of fused-ring (bicyclic) bond motifs is 1. The molecule has 1 amide bonds. The van der Waals surface area contributed by atoms with Crippen LogP contribution in [0.3, 0.4) is 0 Å². The minimum atomic E-state index is -0.0109. The summed E-state index contributed by atoms with van der Waals surface area (Å²) in [5.41, 5.74) is 5.03. The zero-order chi connectivity index (χ0) is 18.1. The SMILES string of the molecule is COc1ccc(N2CCN(/C=C3/C(=O)Nc4cc(C)ccc43)CC2)cc1. The van der Waals surface area contributed by atoms with Crippen LogP contribution in [-0.2, 0) is 4.79 Å². The van der Waals surface area contributed by atoms with Crippen molar-refractivity contribution in [2.24, 2.45) is 0 Å². The predicted molar refractivity (Wildman–Crippen MR) is 105 cm³/mol. The lowest BCUT2D eigenvalue weighted by molar-refractivity contribution is -0.110. The third kappa shape index (κ3) is 3.12. The minimum Gasteiger partial charge on any atom is -0.497 e. The number of methoxy groups -OCH3 is 1. The summed E-state index contributed by atoms with van der Waals surface area (Å²) in [6, 6.07) is 14.3. The molecule has 0 bridgehead atoms. The minimum absolute atomic E-state index is 0.0109.